The van der Waals surface area contributed by atoms with Crippen molar-refractivity contribution in [3.8, 4) is 11.5 Å². The molecule has 1 saturated heterocycles. The zero-order valence-electron chi connectivity index (χ0n) is 16.4. The summed E-state index contributed by atoms with van der Waals surface area (Å²) in [5, 5.41) is 1.73. The van der Waals surface area contributed by atoms with E-state index in [0.29, 0.717) is 19.0 Å². The molecule has 1 aliphatic heterocycles. The van der Waals surface area contributed by atoms with Gasteiger partial charge in [-0.3, -0.25) is 0 Å². The maximum Gasteiger partial charge on any atom is 0.343 e. The van der Waals surface area contributed by atoms with Crippen LogP contribution in [-0.2, 0) is 14.8 Å². The Morgan fingerprint density at radius 2 is 1.70 bits per heavy atom. The third kappa shape index (κ3) is 3.89. The molecule has 3 aromatic rings. The van der Waals surface area contributed by atoms with Crippen molar-refractivity contribution in [2.75, 3.05) is 33.4 Å². The van der Waals surface area contributed by atoms with Crippen LogP contribution in [0.2, 0.25) is 0 Å². The number of ether oxygens (including phenoxy) is 3. The molecule has 4 rings (SSSR count). The van der Waals surface area contributed by atoms with Crippen LogP contribution in [0.3, 0.4) is 0 Å². The molecule has 0 N–H and O–H groups in total. The summed E-state index contributed by atoms with van der Waals surface area (Å²) in [5.74, 6) is -0.0675. The van der Waals surface area contributed by atoms with Crippen LogP contribution in [0.4, 0.5) is 0 Å². The van der Waals surface area contributed by atoms with Crippen molar-refractivity contribution in [1.29, 1.82) is 0 Å². The summed E-state index contributed by atoms with van der Waals surface area (Å²) in [4.78, 5) is 12.8. The van der Waals surface area contributed by atoms with E-state index in [1.54, 1.807) is 12.1 Å². The van der Waals surface area contributed by atoms with Gasteiger partial charge >= 0.3 is 5.97 Å². The van der Waals surface area contributed by atoms with Gasteiger partial charge in [0.05, 0.1) is 25.9 Å². The number of nitrogens with zero attached hydrogens (tertiary/aromatic N) is 1. The molecule has 7 nitrogen and oxygen atoms in total. The average molecular weight is 427 g/mol. The lowest BCUT2D eigenvalue weighted by molar-refractivity contribution is 0.0727. The predicted octanol–water partition coefficient (Wildman–Crippen LogP) is 3.09. The third-order valence-corrected chi connectivity index (χ3v) is 6.86. The second kappa shape index (κ2) is 8.43. The summed E-state index contributed by atoms with van der Waals surface area (Å²) in [6, 6.07) is 17.2. The van der Waals surface area contributed by atoms with Gasteiger partial charge in [-0.15, -0.1) is 0 Å². The largest absolute Gasteiger partial charge is 0.495 e. The molecule has 3 aromatic carbocycles. The summed E-state index contributed by atoms with van der Waals surface area (Å²) in [6.45, 7) is 1.14. The summed E-state index contributed by atoms with van der Waals surface area (Å²) in [7, 11) is -2.46. The van der Waals surface area contributed by atoms with Crippen molar-refractivity contribution in [3.05, 3.63) is 66.2 Å². The topological polar surface area (TPSA) is 82.1 Å². The van der Waals surface area contributed by atoms with E-state index in [1.807, 2.05) is 30.3 Å². The number of carbonyl (C=O) groups excluding carboxylic acids is 1. The minimum absolute atomic E-state index is 0.0701. The van der Waals surface area contributed by atoms with Gasteiger partial charge in [0.1, 0.15) is 16.4 Å². The van der Waals surface area contributed by atoms with Crippen molar-refractivity contribution < 1.29 is 27.4 Å². The lowest BCUT2D eigenvalue weighted by Gasteiger charge is -2.26. The van der Waals surface area contributed by atoms with Gasteiger partial charge in [0.25, 0.3) is 0 Å². The van der Waals surface area contributed by atoms with Crippen molar-refractivity contribution >= 4 is 26.8 Å². The number of fused-ring (bicyclic) bond motifs is 1. The third-order valence-electron chi connectivity index (χ3n) is 4.94. The second-order valence-electron chi connectivity index (χ2n) is 6.75. The van der Waals surface area contributed by atoms with Gasteiger partial charge in [-0.1, -0.05) is 36.4 Å². The van der Waals surface area contributed by atoms with Crippen LogP contribution >= 0.6 is 0 Å². The van der Waals surface area contributed by atoms with Crippen LogP contribution in [0.5, 0.6) is 11.5 Å². The molecule has 0 aromatic heterocycles. The van der Waals surface area contributed by atoms with E-state index in [9.17, 15) is 13.2 Å². The Balaban J connectivity index is 1.68. The minimum atomic E-state index is -3.85. The number of methoxy groups -OCH3 is 1. The lowest BCUT2D eigenvalue weighted by Crippen LogP contribution is -2.40. The van der Waals surface area contributed by atoms with E-state index in [1.165, 1.54) is 29.6 Å². The van der Waals surface area contributed by atoms with Crippen molar-refractivity contribution in [2.24, 2.45) is 0 Å². The maximum atomic E-state index is 13.1. The quantitative estimate of drug-likeness (QED) is 0.460. The molecule has 0 aliphatic carbocycles. The zero-order valence-corrected chi connectivity index (χ0v) is 17.2. The number of carbonyl (C=O) groups is 1. The highest BCUT2D eigenvalue weighted by molar-refractivity contribution is 7.89. The molecule has 156 valence electrons. The zero-order chi connectivity index (χ0) is 21.1. The van der Waals surface area contributed by atoms with Crippen LogP contribution in [0, 0.1) is 0 Å². The number of sulfonamides is 1. The molecule has 30 heavy (non-hydrogen) atoms. The first kappa shape index (κ1) is 20.3. The number of hydrogen-bond acceptors (Lipinski definition) is 6. The van der Waals surface area contributed by atoms with Gasteiger partial charge < -0.3 is 14.2 Å². The van der Waals surface area contributed by atoms with E-state index >= 15 is 0 Å². The fourth-order valence-corrected chi connectivity index (χ4v) is 4.96. The molecular formula is C22H21NO6S. The molecule has 0 atom stereocenters. The second-order valence-corrected chi connectivity index (χ2v) is 8.66. The Bertz CT molecular complexity index is 1180. The Morgan fingerprint density at radius 3 is 2.47 bits per heavy atom. The SMILES string of the molecule is COc1ccc(C(=O)Oc2cccc3ccccc23)cc1S(=O)(=O)N1CCOCC1. The fraction of sp³-hybridized carbons (Fsp3) is 0.227. The molecule has 0 spiro atoms. The molecule has 0 unspecified atom stereocenters. The number of rotatable bonds is 5. The molecule has 0 amide bonds. The number of hydrogen-bond donors (Lipinski definition) is 0. The van der Waals surface area contributed by atoms with Crippen molar-refractivity contribution in [1.82, 2.24) is 4.31 Å². The van der Waals surface area contributed by atoms with Crippen LogP contribution in [-0.4, -0.2) is 52.1 Å². The molecule has 1 aliphatic rings. The van der Waals surface area contributed by atoms with Gasteiger partial charge in [-0.2, -0.15) is 4.31 Å². The molecule has 0 saturated carbocycles. The smallest absolute Gasteiger partial charge is 0.343 e. The number of morpholine rings is 1. The Morgan fingerprint density at radius 1 is 0.967 bits per heavy atom. The van der Waals surface area contributed by atoms with Crippen molar-refractivity contribution in [3.63, 3.8) is 0 Å². The first-order valence-corrected chi connectivity index (χ1v) is 10.9. The highest BCUT2D eigenvalue weighted by Crippen LogP contribution is 2.30. The lowest BCUT2D eigenvalue weighted by atomic mass is 10.1. The van der Waals surface area contributed by atoms with E-state index in [2.05, 4.69) is 0 Å². The van der Waals surface area contributed by atoms with E-state index in [-0.39, 0.29) is 29.3 Å². The Labute approximate surface area is 174 Å². The molecule has 1 fully saturated rings. The van der Waals surface area contributed by atoms with E-state index < -0.39 is 16.0 Å². The summed E-state index contributed by atoms with van der Waals surface area (Å²) < 4.78 is 43.6. The summed E-state index contributed by atoms with van der Waals surface area (Å²) in [5.41, 5.74) is 0.121. The first-order valence-electron chi connectivity index (χ1n) is 9.46. The average Bonchev–Trinajstić information content (AvgIpc) is 2.79. The van der Waals surface area contributed by atoms with Gasteiger partial charge in [-0.25, -0.2) is 13.2 Å². The molecule has 0 bridgehead atoms. The number of benzene rings is 3. The highest BCUT2D eigenvalue weighted by Gasteiger charge is 2.30. The monoisotopic (exact) mass is 427 g/mol. The van der Waals surface area contributed by atoms with Gasteiger partial charge in [0.2, 0.25) is 10.0 Å². The molecule has 1 heterocycles. The van der Waals surface area contributed by atoms with Gasteiger partial charge in [0.15, 0.2) is 0 Å². The number of esters is 1. The highest BCUT2D eigenvalue weighted by atomic mass is 32.2. The summed E-state index contributed by atoms with van der Waals surface area (Å²) in [6.07, 6.45) is 0. The Kier molecular flexibility index (Phi) is 5.72. The minimum Gasteiger partial charge on any atom is -0.495 e. The van der Waals surface area contributed by atoms with Crippen LogP contribution in [0.25, 0.3) is 10.8 Å². The molecule has 8 heteroatoms. The maximum absolute atomic E-state index is 13.1. The first-order chi connectivity index (χ1) is 14.5. The van der Waals surface area contributed by atoms with E-state index in [0.717, 1.165) is 10.8 Å². The van der Waals surface area contributed by atoms with Crippen LogP contribution in [0.1, 0.15) is 10.4 Å². The van der Waals surface area contributed by atoms with E-state index in [4.69, 9.17) is 14.2 Å². The van der Waals surface area contributed by atoms with Gasteiger partial charge in [-0.05, 0) is 29.7 Å². The standard InChI is InChI=1S/C22H21NO6S/c1-27-20-10-9-17(15-21(20)30(25,26)23-11-13-28-14-12-23)22(24)29-19-8-4-6-16-5-2-3-7-18(16)19/h2-10,15H,11-14H2,1H3. The predicted molar refractivity (Wildman–Crippen MR) is 111 cm³/mol. The van der Waals surface area contributed by atoms with Crippen LogP contribution in [0.15, 0.2) is 65.6 Å². The van der Waals surface area contributed by atoms with Crippen molar-refractivity contribution in [2.45, 2.75) is 4.90 Å². The molecule has 0 radical (unpaired) electrons. The molecular weight excluding hydrogens is 406 g/mol. The van der Waals surface area contributed by atoms with Gasteiger partial charge in [0, 0.05) is 18.5 Å². The van der Waals surface area contributed by atoms with Crippen LogP contribution < -0.4 is 9.47 Å². The Hall–Kier alpha value is -2.94. The fourth-order valence-electron chi connectivity index (χ4n) is 3.37. The normalized spacial score (nSPS) is 15.1. The summed E-state index contributed by atoms with van der Waals surface area (Å²) >= 11 is 0.